The number of aliphatic hydroxyl groups is 1. The third-order valence-corrected chi connectivity index (χ3v) is 3.73. The van der Waals surface area contributed by atoms with Crippen LogP contribution in [0.15, 0.2) is 0 Å². The Hall–Kier alpha value is -0.480. The van der Waals surface area contributed by atoms with Gasteiger partial charge in [0.25, 0.3) is 0 Å². The van der Waals surface area contributed by atoms with E-state index in [9.17, 15) is 4.79 Å². The van der Waals surface area contributed by atoms with Crippen LogP contribution >= 0.6 is 0 Å². The van der Waals surface area contributed by atoms with Gasteiger partial charge in [-0.05, 0) is 6.42 Å². The van der Waals surface area contributed by atoms with Gasteiger partial charge in [-0.25, -0.2) is 18.6 Å². The van der Waals surface area contributed by atoms with Gasteiger partial charge < -0.3 is 14.9 Å². The zero-order chi connectivity index (χ0) is 19.8. The van der Waals surface area contributed by atoms with Gasteiger partial charge in [-0.3, -0.25) is 4.79 Å². The van der Waals surface area contributed by atoms with E-state index in [1.807, 2.05) is 0 Å². The van der Waals surface area contributed by atoms with Crippen molar-refractivity contribution < 1.29 is 43.3 Å². The molecule has 0 radical (unpaired) electrons. The average molecular weight is 387 g/mol. The number of hydrogen-bond donors (Lipinski definition) is 2. The number of carbonyl (C=O) groups is 1. The molecule has 0 saturated carbocycles. The molecule has 0 aliphatic rings. The van der Waals surface area contributed by atoms with Crippen molar-refractivity contribution in [2.45, 2.75) is 58.3 Å². The number of nitrogens with zero attached hydrogens (tertiary/aromatic N) is 1. The van der Waals surface area contributed by atoms with E-state index in [1.54, 1.807) is 0 Å². The first-order valence-electron chi connectivity index (χ1n) is 8.83. The van der Waals surface area contributed by atoms with Gasteiger partial charge in [-0.2, -0.15) is 0 Å². The Morgan fingerprint density at radius 1 is 0.960 bits per heavy atom. The highest BCUT2D eigenvalue weighted by molar-refractivity contribution is 5.75. The molecule has 0 heterocycles. The van der Waals surface area contributed by atoms with Gasteiger partial charge in [0.15, 0.2) is 0 Å². The molecule has 0 aromatic rings. The summed E-state index contributed by atoms with van der Waals surface area (Å²) in [6.07, 6.45) is 8.97. The van der Waals surface area contributed by atoms with Crippen LogP contribution in [-0.2, 0) is 4.79 Å². The molecule has 0 unspecified atom stereocenters. The SMILES string of the molecule is CCCCCCCCC(=O)NCCC[N+](C)(C)CCO.[O-][Cl+3]([O-])([O-])[O-]. The first-order valence-corrected chi connectivity index (χ1v) is 10.1. The summed E-state index contributed by atoms with van der Waals surface area (Å²) < 4.78 is 34.8. The molecular weight excluding hydrogens is 352 g/mol. The van der Waals surface area contributed by atoms with E-state index < -0.39 is 10.2 Å². The summed E-state index contributed by atoms with van der Waals surface area (Å²) >= 11 is 0. The number of hydrogen-bond acceptors (Lipinski definition) is 6. The van der Waals surface area contributed by atoms with Gasteiger partial charge in [0.1, 0.15) is 6.54 Å². The van der Waals surface area contributed by atoms with E-state index in [0.717, 1.165) is 37.0 Å². The quantitative estimate of drug-likeness (QED) is 0.266. The first-order chi connectivity index (χ1) is 11.5. The van der Waals surface area contributed by atoms with Crippen molar-refractivity contribution >= 4 is 5.91 Å². The van der Waals surface area contributed by atoms with Crippen molar-refractivity contribution in [1.29, 1.82) is 0 Å². The monoisotopic (exact) mass is 386 g/mol. The van der Waals surface area contributed by atoms with Crippen molar-refractivity contribution in [2.75, 3.05) is 40.3 Å². The predicted octanol–water partition coefficient (Wildman–Crippen LogP) is -2.44. The molecule has 0 bridgehead atoms. The van der Waals surface area contributed by atoms with E-state index >= 15 is 0 Å². The van der Waals surface area contributed by atoms with Gasteiger partial charge in [-0.15, -0.1) is 10.2 Å². The van der Waals surface area contributed by atoms with Gasteiger partial charge in [0, 0.05) is 19.4 Å². The zero-order valence-corrected chi connectivity index (χ0v) is 16.6. The van der Waals surface area contributed by atoms with Crippen LogP contribution in [0, 0.1) is 10.2 Å². The van der Waals surface area contributed by atoms with E-state index in [2.05, 4.69) is 26.3 Å². The van der Waals surface area contributed by atoms with Gasteiger partial charge in [0.05, 0.1) is 27.2 Å². The third kappa shape index (κ3) is 28.6. The molecule has 9 heteroatoms. The molecule has 0 saturated heterocycles. The number of halogens is 1. The van der Waals surface area contributed by atoms with Crippen molar-refractivity contribution in [3.8, 4) is 0 Å². The van der Waals surface area contributed by atoms with E-state index in [0.29, 0.717) is 6.42 Å². The molecule has 0 aliphatic heterocycles. The number of aliphatic hydroxyl groups excluding tert-OH is 1. The number of rotatable bonds is 13. The lowest BCUT2D eigenvalue weighted by atomic mass is 10.1. The van der Waals surface area contributed by atoms with E-state index in [4.69, 9.17) is 23.7 Å². The smallest absolute Gasteiger partial charge is 0.219 e. The Morgan fingerprint density at radius 3 is 2.00 bits per heavy atom. The van der Waals surface area contributed by atoms with Crippen molar-refractivity contribution in [1.82, 2.24) is 5.32 Å². The molecule has 0 aromatic heterocycles. The molecule has 8 nitrogen and oxygen atoms in total. The summed E-state index contributed by atoms with van der Waals surface area (Å²) in [5.74, 6) is 0.188. The maximum Gasteiger partial charge on any atom is 0.219 e. The fraction of sp³-hybridized carbons (Fsp3) is 0.938. The molecule has 0 atom stereocenters. The molecule has 152 valence electrons. The topological polar surface area (TPSA) is 142 Å². The van der Waals surface area contributed by atoms with Crippen LogP contribution in [0.1, 0.15) is 58.3 Å². The van der Waals surface area contributed by atoms with Crippen LogP contribution in [0.25, 0.3) is 0 Å². The van der Waals surface area contributed by atoms with Gasteiger partial charge in [0.2, 0.25) is 5.91 Å². The molecule has 25 heavy (non-hydrogen) atoms. The van der Waals surface area contributed by atoms with Crippen molar-refractivity contribution in [3.63, 3.8) is 0 Å². The molecule has 0 aromatic carbocycles. The van der Waals surface area contributed by atoms with Crippen LogP contribution in [0.3, 0.4) is 0 Å². The van der Waals surface area contributed by atoms with Gasteiger partial charge >= 0.3 is 0 Å². The number of amides is 1. The van der Waals surface area contributed by atoms with Crippen molar-refractivity contribution in [3.05, 3.63) is 0 Å². The largest absolute Gasteiger partial charge is 0.391 e. The Balaban J connectivity index is 0. The summed E-state index contributed by atoms with van der Waals surface area (Å²) in [6, 6.07) is 0. The summed E-state index contributed by atoms with van der Waals surface area (Å²) in [4.78, 5) is 11.6. The number of quaternary nitrogens is 1. The second-order valence-electron chi connectivity index (χ2n) is 6.71. The zero-order valence-electron chi connectivity index (χ0n) is 15.8. The summed E-state index contributed by atoms with van der Waals surface area (Å²) in [5, 5.41) is 11.9. The minimum atomic E-state index is -4.94. The first kappa shape index (κ1) is 26.7. The average Bonchev–Trinajstić information content (AvgIpc) is 2.45. The Bertz CT molecular complexity index is 318. The maximum atomic E-state index is 11.6. The van der Waals surface area contributed by atoms with Gasteiger partial charge in [-0.1, -0.05) is 39.0 Å². The highest BCUT2D eigenvalue weighted by Gasteiger charge is 2.13. The molecule has 0 rings (SSSR count). The standard InChI is InChI=1S/C16H34N2O2.ClHO4/c1-4-5-6-7-8-9-11-16(20)17-12-10-13-18(2,3)14-15-19;2-1(3,4)5/h19H,4-15H2,1-3H3;(H,2,3,4,5). The van der Waals surface area contributed by atoms with Crippen LogP contribution < -0.4 is 24.0 Å². The lowest BCUT2D eigenvalue weighted by Crippen LogP contribution is -2.68. The fourth-order valence-electron chi connectivity index (χ4n) is 2.27. The fourth-order valence-corrected chi connectivity index (χ4v) is 2.27. The predicted molar refractivity (Wildman–Crippen MR) is 84.5 cm³/mol. The van der Waals surface area contributed by atoms with E-state index in [1.165, 1.54) is 32.1 Å². The highest BCUT2D eigenvalue weighted by atomic mass is 35.7. The summed E-state index contributed by atoms with van der Waals surface area (Å²) in [6.45, 7) is 4.94. The lowest BCUT2D eigenvalue weighted by Gasteiger charge is -2.28. The molecule has 0 aliphatic carbocycles. The Kier molecular flexibility index (Phi) is 16.8. The second kappa shape index (κ2) is 15.7. The number of carbonyl (C=O) groups excluding carboxylic acids is 1. The van der Waals surface area contributed by atoms with Crippen LogP contribution in [-0.4, -0.2) is 55.8 Å². The van der Waals surface area contributed by atoms with E-state index in [-0.39, 0.29) is 12.5 Å². The minimum absolute atomic E-state index is 0.188. The molecule has 1 amide bonds. The maximum absolute atomic E-state index is 11.6. The highest BCUT2D eigenvalue weighted by Crippen LogP contribution is 2.06. The minimum Gasteiger partial charge on any atom is -0.391 e. The molecule has 0 spiro atoms. The second-order valence-corrected chi connectivity index (χ2v) is 7.46. The van der Waals surface area contributed by atoms with Crippen LogP contribution in [0.5, 0.6) is 0 Å². The molecular formula is C16H35ClN2O6. The summed E-state index contributed by atoms with van der Waals surface area (Å²) in [7, 11) is -0.733. The van der Waals surface area contributed by atoms with Crippen molar-refractivity contribution in [2.24, 2.45) is 0 Å². The number of nitrogens with one attached hydrogen (secondary N) is 1. The molecule has 0 fully saturated rings. The van der Waals surface area contributed by atoms with Crippen LogP contribution in [0.2, 0.25) is 0 Å². The summed E-state index contributed by atoms with van der Waals surface area (Å²) in [5.41, 5.74) is 0. The number of likely N-dealkylation sites (N-methyl/N-ethyl adjacent to an activating group) is 1. The van der Waals surface area contributed by atoms with Crippen LogP contribution in [0.4, 0.5) is 0 Å². The third-order valence-electron chi connectivity index (χ3n) is 3.73. The Labute approximate surface area is 153 Å². The molecule has 2 N–H and O–H groups in total. The Morgan fingerprint density at radius 2 is 1.48 bits per heavy atom. The normalized spacial score (nSPS) is 11.7. The lowest BCUT2D eigenvalue weighted by molar-refractivity contribution is -2.00. The number of unbranched alkanes of at least 4 members (excludes halogenated alkanes) is 5.